The monoisotopic (exact) mass is 174 g/mol. The molecular weight excluding hydrogens is 152 g/mol. The Bertz CT molecular complexity index is 96.1. The van der Waals surface area contributed by atoms with E-state index in [-0.39, 0.29) is 5.79 Å². The molecule has 0 bridgehead atoms. The molecule has 0 atom stereocenters. The molecule has 0 amide bonds. The van der Waals surface area contributed by atoms with Crippen LogP contribution < -0.4 is 0 Å². The standard InChI is InChI=1S/C10H22O2/c1-6-9(7-2)10(8-3,11-4)12-5/h9H,6-8H2,1-5H3. The van der Waals surface area contributed by atoms with Gasteiger partial charge in [0, 0.05) is 20.1 Å². The predicted octanol–water partition coefficient (Wildman–Crippen LogP) is 2.82. The number of methoxy groups -OCH3 is 2. The van der Waals surface area contributed by atoms with E-state index in [1.165, 1.54) is 0 Å². The van der Waals surface area contributed by atoms with Crippen LogP contribution in [0.3, 0.4) is 0 Å². The smallest absolute Gasteiger partial charge is 0.170 e. The third-order valence-electron chi connectivity index (χ3n) is 2.79. The highest BCUT2D eigenvalue weighted by Crippen LogP contribution is 2.30. The highest BCUT2D eigenvalue weighted by atomic mass is 16.7. The van der Waals surface area contributed by atoms with Gasteiger partial charge in [0.2, 0.25) is 0 Å². The molecule has 12 heavy (non-hydrogen) atoms. The van der Waals surface area contributed by atoms with E-state index in [9.17, 15) is 0 Å². The van der Waals surface area contributed by atoms with E-state index in [0.29, 0.717) is 5.92 Å². The third kappa shape index (κ3) is 2.20. The van der Waals surface area contributed by atoms with Crippen molar-refractivity contribution in [3.8, 4) is 0 Å². The summed E-state index contributed by atoms with van der Waals surface area (Å²) >= 11 is 0. The largest absolute Gasteiger partial charge is 0.353 e. The summed E-state index contributed by atoms with van der Waals surface area (Å²) in [5.74, 6) is 0.140. The number of hydrogen-bond acceptors (Lipinski definition) is 2. The van der Waals surface area contributed by atoms with E-state index in [1.54, 1.807) is 14.2 Å². The molecule has 0 fully saturated rings. The molecule has 0 rings (SSSR count). The molecule has 0 saturated carbocycles. The molecule has 0 aromatic heterocycles. The Hall–Kier alpha value is -0.0800. The Morgan fingerprint density at radius 3 is 1.50 bits per heavy atom. The second kappa shape index (κ2) is 5.55. The van der Waals surface area contributed by atoms with Gasteiger partial charge in [-0.1, -0.05) is 20.8 Å². The molecule has 0 aliphatic rings. The van der Waals surface area contributed by atoms with Crippen molar-refractivity contribution in [1.82, 2.24) is 0 Å². The third-order valence-corrected chi connectivity index (χ3v) is 2.79. The van der Waals surface area contributed by atoms with Gasteiger partial charge in [0.15, 0.2) is 5.79 Å². The van der Waals surface area contributed by atoms with Crippen molar-refractivity contribution >= 4 is 0 Å². The second-order valence-corrected chi connectivity index (χ2v) is 3.09. The van der Waals surface area contributed by atoms with Crippen LogP contribution in [-0.2, 0) is 9.47 Å². The van der Waals surface area contributed by atoms with Crippen LogP contribution in [0.25, 0.3) is 0 Å². The van der Waals surface area contributed by atoms with Gasteiger partial charge >= 0.3 is 0 Å². The van der Waals surface area contributed by atoms with Crippen molar-refractivity contribution in [2.24, 2.45) is 5.92 Å². The lowest BCUT2D eigenvalue weighted by molar-refractivity contribution is -0.242. The molecule has 0 N–H and O–H groups in total. The summed E-state index contributed by atoms with van der Waals surface area (Å²) in [5, 5.41) is 0. The van der Waals surface area contributed by atoms with Crippen molar-refractivity contribution in [2.45, 2.75) is 45.8 Å². The molecule has 0 aromatic carbocycles. The SMILES string of the molecule is CCC(CC)C(CC)(OC)OC. The summed E-state index contributed by atoms with van der Waals surface area (Å²) in [6, 6.07) is 0. The normalized spacial score (nSPS) is 12.5. The van der Waals surface area contributed by atoms with Crippen LogP contribution in [0.4, 0.5) is 0 Å². The molecule has 0 aliphatic carbocycles. The summed E-state index contributed by atoms with van der Waals surface area (Å²) in [4.78, 5) is 0. The fourth-order valence-corrected chi connectivity index (χ4v) is 1.90. The molecule has 0 radical (unpaired) electrons. The summed E-state index contributed by atoms with van der Waals surface area (Å²) in [6.07, 6.45) is 3.12. The molecule has 2 nitrogen and oxygen atoms in total. The maximum atomic E-state index is 5.46. The summed E-state index contributed by atoms with van der Waals surface area (Å²) < 4.78 is 10.9. The Morgan fingerprint density at radius 2 is 1.42 bits per heavy atom. The Morgan fingerprint density at radius 1 is 1.00 bits per heavy atom. The van der Waals surface area contributed by atoms with Crippen molar-refractivity contribution in [3.05, 3.63) is 0 Å². The molecule has 74 valence electrons. The van der Waals surface area contributed by atoms with Crippen molar-refractivity contribution < 1.29 is 9.47 Å². The van der Waals surface area contributed by atoms with Crippen LogP contribution in [0.1, 0.15) is 40.0 Å². The zero-order chi connectivity index (χ0) is 9.61. The highest BCUT2D eigenvalue weighted by molar-refractivity contribution is 4.75. The molecule has 0 spiro atoms. The quantitative estimate of drug-likeness (QED) is 0.576. The van der Waals surface area contributed by atoms with Gasteiger partial charge in [-0.25, -0.2) is 0 Å². The molecule has 0 saturated heterocycles. The van der Waals surface area contributed by atoms with Crippen molar-refractivity contribution in [2.75, 3.05) is 14.2 Å². The summed E-state index contributed by atoms with van der Waals surface area (Å²) in [6.45, 7) is 6.46. The van der Waals surface area contributed by atoms with Crippen LogP contribution in [0.15, 0.2) is 0 Å². The zero-order valence-corrected chi connectivity index (χ0v) is 9.02. The molecule has 0 unspecified atom stereocenters. The van der Waals surface area contributed by atoms with E-state index in [1.807, 2.05) is 0 Å². The van der Waals surface area contributed by atoms with Crippen LogP contribution in [0, 0.1) is 5.92 Å². The lowest BCUT2D eigenvalue weighted by atomic mass is 9.91. The van der Waals surface area contributed by atoms with Gasteiger partial charge in [0.25, 0.3) is 0 Å². The first kappa shape index (κ1) is 11.9. The van der Waals surface area contributed by atoms with E-state index >= 15 is 0 Å². The Kier molecular flexibility index (Phi) is 5.51. The van der Waals surface area contributed by atoms with Crippen LogP contribution in [-0.4, -0.2) is 20.0 Å². The maximum absolute atomic E-state index is 5.46. The van der Waals surface area contributed by atoms with E-state index < -0.39 is 0 Å². The van der Waals surface area contributed by atoms with Crippen molar-refractivity contribution in [3.63, 3.8) is 0 Å². The molecular formula is C10H22O2. The Balaban J connectivity index is 4.42. The minimum absolute atomic E-state index is 0.358. The lowest BCUT2D eigenvalue weighted by Gasteiger charge is -2.36. The van der Waals surface area contributed by atoms with Gasteiger partial charge in [-0.15, -0.1) is 0 Å². The summed E-state index contributed by atoms with van der Waals surface area (Å²) in [7, 11) is 3.46. The lowest BCUT2D eigenvalue weighted by Crippen LogP contribution is -2.40. The minimum Gasteiger partial charge on any atom is -0.353 e. The predicted molar refractivity (Wildman–Crippen MR) is 51.1 cm³/mol. The van der Waals surface area contributed by atoms with Gasteiger partial charge in [-0.2, -0.15) is 0 Å². The molecule has 0 heterocycles. The highest BCUT2D eigenvalue weighted by Gasteiger charge is 2.34. The fourth-order valence-electron chi connectivity index (χ4n) is 1.90. The van der Waals surface area contributed by atoms with Crippen LogP contribution >= 0.6 is 0 Å². The number of ether oxygens (including phenoxy) is 2. The fraction of sp³-hybridized carbons (Fsp3) is 1.00. The minimum atomic E-state index is -0.358. The van der Waals surface area contributed by atoms with Gasteiger partial charge < -0.3 is 9.47 Å². The van der Waals surface area contributed by atoms with E-state index in [0.717, 1.165) is 19.3 Å². The molecule has 2 heteroatoms. The second-order valence-electron chi connectivity index (χ2n) is 3.09. The molecule has 0 aliphatic heterocycles. The summed E-state index contributed by atoms with van der Waals surface area (Å²) in [5.41, 5.74) is 0. The first-order valence-corrected chi connectivity index (χ1v) is 4.80. The van der Waals surface area contributed by atoms with Gasteiger partial charge in [0.1, 0.15) is 0 Å². The number of hydrogen-bond donors (Lipinski definition) is 0. The first-order valence-electron chi connectivity index (χ1n) is 4.80. The van der Waals surface area contributed by atoms with Crippen molar-refractivity contribution in [1.29, 1.82) is 0 Å². The first-order chi connectivity index (χ1) is 5.70. The van der Waals surface area contributed by atoms with Crippen LogP contribution in [0.5, 0.6) is 0 Å². The van der Waals surface area contributed by atoms with Gasteiger partial charge in [0.05, 0.1) is 0 Å². The number of rotatable bonds is 6. The molecule has 0 aromatic rings. The Labute approximate surface area is 76.3 Å². The van der Waals surface area contributed by atoms with Gasteiger partial charge in [-0.3, -0.25) is 0 Å². The van der Waals surface area contributed by atoms with E-state index in [2.05, 4.69) is 20.8 Å². The average Bonchev–Trinajstić information content (AvgIpc) is 2.14. The van der Waals surface area contributed by atoms with Gasteiger partial charge in [-0.05, 0) is 19.3 Å². The average molecular weight is 174 g/mol. The topological polar surface area (TPSA) is 18.5 Å². The zero-order valence-electron chi connectivity index (χ0n) is 9.02. The maximum Gasteiger partial charge on any atom is 0.170 e. The van der Waals surface area contributed by atoms with E-state index in [4.69, 9.17) is 9.47 Å². The van der Waals surface area contributed by atoms with Crippen LogP contribution in [0.2, 0.25) is 0 Å².